The van der Waals surface area contributed by atoms with Gasteiger partial charge in [-0.1, -0.05) is 0 Å². The molecular weight excluding hydrogens is 367 g/mol. The monoisotopic (exact) mass is 388 g/mol. The van der Waals surface area contributed by atoms with Crippen LogP contribution in [-0.2, 0) is 4.74 Å². The number of nitrogens with two attached hydrogens (primary N) is 1. The zero-order valence-electron chi connectivity index (χ0n) is 15.5. The van der Waals surface area contributed by atoms with E-state index in [2.05, 4.69) is 10.3 Å². The number of carbonyl (C=O) groups is 2. The summed E-state index contributed by atoms with van der Waals surface area (Å²) in [7, 11) is 0. The Morgan fingerprint density at radius 2 is 2.29 bits per heavy atom. The third-order valence-corrected chi connectivity index (χ3v) is 5.02. The summed E-state index contributed by atoms with van der Waals surface area (Å²) in [5.74, 6) is 0.298. The van der Waals surface area contributed by atoms with Gasteiger partial charge in [0.1, 0.15) is 24.3 Å². The molecule has 3 heterocycles. The molecule has 2 aromatic rings. The molecule has 3 atom stereocenters. The molecule has 1 aromatic carbocycles. The van der Waals surface area contributed by atoms with Crippen molar-refractivity contribution in [2.45, 2.75) is 38.1 Å². The molecule has 3 N–H and O–H groups in total. The molecule has 148 valence electrons. The van der Waals surface area contributed by atoms with Gasteiger partial charge in [-0.05, 0) is 37.4 Å². The zero-order valence-corrected chi connectivity index (χ0v) is 15.5. The van der Waals surface area contributed by atoms with Gasteiger partial charge in [-0.15, -0.1) is 0 Å². The van der Waals surface area contributed by atoms with Gasteiger partial charge in [0.05, 0.1) is 23.8 Å². The third-order valence-electron chi connectivity index (χ3n) is 5.02. The van der Waals surface area contributed by atoms with Crippen molar-refractivity contribution in [1.82, 2.24) is 10.3 Å². The number of amides is 2. The molecule has 1 unspecified atom stereocenters. The number of fused-ring (bicyclic) bond motifs is 2. The Kier molecular flexibility index (Phi) is 4.44. The van der Waals surface area contributed by atoms with Crippen LogP contribution in [0.1, 0.15) is 24.2 Å². The Balaban J connectivity index is 1.81. The topological polar surface area (TPSA) is 107 Å². The number of alkyl halides is 1. The van der Waals surface area contributed by atoms with Crippen molar-refractivity contribution in [2.24, 2.45) is 5.73 Å². The number of nitrogens with zero attached hydrogens (tertiary/aromatic N) is 2. The van der Waals surface area contributed by atoms with E-state index in [1.165, 1.54) is 0 Å². The molecule has 2 aliphatic rings. The van der Waals surface area contributed by atoms with Crippen molar-refractivity contribution >= 4 is 28.6 Å². The van der Waals surface area contributed by atoms with Crippen LogP contribution in [0.5, 0.6) is 5.75 Å². The number of carbonyl (C=O) groups excluding carboxylic acids is 2. The molecule has 4 rings (SSSR count). The van der Waals surface area contributed by atoms with E-state index in [1.54, 1.807) is 29.3 Å². The van der Waals surface area contributed by atoms with Gasteiger partial charge in [-0.25, -0.2) is 14.2 Å². The first-order valence-electron chi connectivity index (χ1n) is 9.08. The maximum atomic E-state index is 13.8. The summed E-state index contributed by atoms with van der Waals surface area (Å²) >= 11 is 0. The van der Waals surface area contributed by atoms with Gasteiger partial charge in [0.15, 0.2) is 0 Å². The second kappa shape index (κ2) is 6.81. The minimum absolute atomic E-state index is 0.163. The highest BCUT2D eigenvalue weighted by atomic mass is 19.1. The second-order valence-electron chi connectivity index (χ2n) is 7.23. The predicted octanol–water partition coefficient (Wildman–Crippen LogP) is 1.76. The smallest absolute Gasteiger partial charge is 0.407 e. The lowest BCUT2D eigenvalue weighted by Crippen LogP contribution is -2.39. The lowest BCUT2D eigenvalue weighted by Gasteiger charge is -2.27. The molecule has 0 bridgehead atoms. The van der Waals surface area contributed by atoms with Crippen molar-refractivity contribution in [3.8, 4) is 5.75 Å². The summed E-state index contributed by atoms with van der Waals surface area (Å²) in [4.78, 5) is 29.6. The molecular formula is C19H21FN4O4. The number of primary amides is 1. The van der Waals surface area contributed by atoms with Crippen molar-refractivity contribution in [1.29, 1.82) is 0 Å². The lowest BCUT2D eigenvalue weighted by molar-refractivity contribution is 0.0994. The largest absolute Gasteiger partial charge is 0.490 e. The van der Waals surface area contributed by atoms with Crippen LogP contribution in [-0.4, -0.2) is 54.5 Å². The second-order valence-corrected chi connectivity index (χ2v) is 7.23. The van der Waals surface area contributed by atoms with Crippen LogP contribution in [0, 0.1) is 0 Å². The Labute approximate surface area is 160 Å². The number of benzene rings is 1. The van der Waals surface area contributed by atoms with Crippen LogP contribution in [0.4, 0.5) is 15.0 Å². The number of nitrogens with one attached hydrogen (secondary N) is 1. The molecule has 28 heavy (non-hydrogen) atoms. The Hall–Kier alpha value is -3.10. The van der Waals surface area contributed by atoms with Gasteiger partial charge in [-0.2, -0.15) is 0 Å². The standard InChI is InChI=1S/C19H21FN4O4/c1-9(2)27-15-6-11-10(5-12(15)17(21)25)3-4-22-18(11)24-8-13-16(14(24)7-20)28-19(26)23-13/h3-6,9,13-14,16H,7-8H2,1-2H3,(H2,21,25)(H,23,26)/t13-,14?,16-/m1/s1. The van der Waals surface area contributed by atoms with E-state index >= 15 is 0 Å². The maximum absolute atomic E-state index is 13.8. The Bertz CT molecular complexity index is 951. The van der Waals surface area contributed by atoms with Crippen LogP contribution in [0.3, 0.4) is 0 Å². The number of anilines is 1. The van der Waals surface area contributed by atoms with E-state index in [1.807, 2.05) is 13.8 Å². The number of rotatable bonds is 5. The number of ether oxygens (including phenoxy) is 2. The van der Waals surface area contributed by atoms with Crippen molar-refractivity contribution in [2.75, 3.05) is 18.1 Å². The maximum Gasteiger partial charge on any atom is 0.407 e. The molecule has 2 amide bonds. The SMILES string of the molecule is CC(C)Oc1cc2c(N3C[C@H]4NC(=O)O[C@H]4C3CF)nccc2cc1C(N)=O. The van der Waals surface area contributed by atoms with Gasteiger partial charge >= 0.3 is 6.09 Å². The first-order valence-corrected chi connectivity index (χ1v) is 9.08. The van der Waals surface area contributed by atoms with E-state index in [0.29, 0.717) is 23.5 Å². The zero-order chi connectivity index (χ0) is 20.0. The molecule has 0 aliphatic carbocycles. The minimum atomic E-state index is -0.692. The van der Waals surface area contributed by atoms with Crippen LogP contribution >= 0.6 is 0 Å². The minimum Gasteiger partial charge on any atom is -0.490 e. The molecule has 0 spiro atoms. The molecule has 9 heteroatoms. The van der Waals surface area contributed by atoms with Gasteiger partial charge in [0, 0.05) is 18.1 Å². The highest BCUT2D eigenvalue weighted by Gasteiger charge is 2.50. The van der Waals surface area contributed by atoms with Gasteiger partial charge in [0.2, 0.25) is 0 Å². The van der Waals surface area contributed by atoms with Crippen LogP contribution < -0.4 is 20.7 Å². The Morgan fingerprint density at radius 3 is 2.96 bits per heavy atom. The number of hydrogen-bond donors (Lipinski definition) is 2. The van der Waals surface area contributed by atoms with Gasteiger partial charge < -0.3 is 25.4 Å². The van der Waals surface area contributed by atoms with Gasteiger partial charge in [0.25, 0.3) is 5.91 Å². The van der Waals surface area contributed by atoms with Crippen LogP contribution in [0.2, 0.25) is 0 Å². The summed E-state index contributed by atoms with van der Waals surface area (Å²) < 4.78 is 24.9. The quantitative estimate of drug-likeness (QED) is 0.808. The lowest BCUT2D eigenvalue weighted by atomic mass is 10.1. The van der Waals surface area contributed by atoms with Gasteiger partial charge in [-0.3, -0.25) is 4.79 Å². The molecule has 8 nitrogen and oxygen atoms in total. The summed E-state index contributed by atoms with van der Waals surface area (Å²) in [6.07, 6.45) is 0.321. The van der Waals surface area contributed by atoms with Crippen molar-refractivity contribution < 1.29 is 23.5 Å². The molecule has 0 radical (unpaired) electrons. The normalized spacial score (nSPS) is 23.6. The average Bonchev–Trinajstić information content (AvgIpc) is 3.15. The van der Waals surface area contributed by atoms with E-state index in [-0.39, 0.29) is 17.7 Å². The first-order chi connectivity index (χ1) is 13.4. The number of hydrogen-bond acceptors (Lipinski definition) is 6. The summed E-state index contributed by atoms with van der Waals surface area (Å²) in [5.41, 5.74) is 5.78. The van der Waals surface area contributed by atoms with Crippen LogP contribution in [0.25, 0.3) is 10.8 Å². The summed E-state index contributed by atoms with van der Waals surface area (Å²) in [6.45, 7) is 3.37. The summed E-state index contributed by atoms with van der Waals surface area (Å²) in [6, 6.07) is 4.17. The average molecular weight is 388 g/mol. The fourth-order valence-corrected chi connectivity index (χ4v) is 3.87. The van der Waals surface area contributed by atoms with E-state index < -0.39 is 30.8 Å². The molecule has 1 aromatic heterocycles. The molecule has 2 saturated heterocycles. The van der Waals surface area contributed by atoms with Crippen LogP contribution in [0.15, 0.2) is 24.4 Å². The van der Waals surface area contributed by atoms with E-state index in [0.717, 1.165) is 5.39 Å². The van der Waals surface area contributed by atoms with E-state index in [9.17, 15) is 14.0 Å². The summed E-state index contributed by atoms with van der Waals surface area (Å²) in [5, 5.41) is 4.14. The number of alkyl carbamates (subject to hydrolysis) is 1. The highest BCUT2D eigenvalue weighted by molar-refractivity contribution is 6.03. The van der Waals surface area contributed by atoms with Crippen molar-refractivity contribution in [3.63, 3.8) is 0 Å². The number of pyridine rings is 1. The predicted molar refractivity (Wildman–Crippen MR) is 100 cm³/mol. The molecule has 2 fully saturated rings. The number of aromatic nitrogens is 1. The van der Waals surface area contributed by atoms with Crippen molar-refractivity contribution in [3.05, 3.63) is 30.0 Å². The fraction of sp³-hybridized carbons (Fsp3) is 0.421. The third kappa shape index (κ3) is 2.96. The molecule has 2 aliphatic heterocycles. The molecule has 0 saturated carbocycles. The van der Waals surface area contributed by atoms with E-state index in [4.69, 9.17) is 15.2 Å². The highest BCUT2D eigenvalue weighted by Crippen LogP contribution is 2.36. The Morgan fingerprint density at radius 1 is 1.50 bits per heavy atom. The first kappa shape index (κ1) is 18.3. The fourth-order valence-electron chi connectivity index (χ4n) is 3.87. The number of halogens is 1.